The van der Waals surface area contributed by atoms with E-state index < -0.39 is 34.5 Å². The SMILES string of the molecule is C=C1N[C@@]2(c3c(F)ccc(F)c3F)CNC[C@H]2C(=O)N1C. The third-order valence-corrected chi connectivity index (χ3v) is 4.24. The number of benzene rings is 1. The van der Waals surface area contributed by atoms with Gasteiger partial charge in [0.2, 0.25) is 5.91 Å². The molecule has 2 saturated heterocycles. The standard InChI is InChI=1S/C14H14F3N3O/c1-7-19-14(6-18-5-8(14)13(21)20(7)2)11-9(15)3-4-10(16)12(11)17/h3-4,8,18-19H,1,5-6H2,2H3/t8-,14-/m0/s1. The van der Waals surface area contributed by atoms with Gasteiger partial charge in [0.05, 0.1) is 17.0 Å². The van der Waals surface area contributed by atoms with E-state index in [0.29, 0.717) is 0 Å². The van der Waals surface area contributed by atoms with Crippen molar-refractivity contribution in [1.29, 1.82) is 0 Å². The lowest BCUT2D eigenvalue weighted by Gasteiger charge is -2.44. The minimum atomic E-state index is -1.36. The second-order valence-electron chi connectivity index (χ2n) is 5.34. The molecule has 2 N–H and O–H groups in total. The van der Waals surface area contributed by atoms with Crippen LogP contribution in [0.2, 0.25) is 0 Å². The number of nitrogens with zero attached hydrogens (tertiary/aromatic N) is 1. The third kappa shape index (κ3) is 1.77. The van der Waals surface area contributed by atoms with Gasteiger partial charge in [0.25, 0.3) is 0 Å². The number of halogens is 3. The Balaban J connectivity index is 2.22. The Morgan fingerprint density at radius 1 is 1.33 bits per heavy atom. The van der Waals surface area contributed by atoms with Crippen molar-refractivity contribution < 1.29 is 18.0 Å². The predicted octanol–water partition coefficient (Wildman–Crippen LogP) is 1.05. The van der Waals surface area contributed by atoms with E-state index in [0.717, 1.165) is 12.1 Å². The van der Waals surface area contributed by atoms with E-state index in [1.165, 1.54) is 11.9 Å². The first-order valence-corrected chi connectivity index (χ1v) is 6.48. The molecular weight excluding hydrogens is 283 g/mol. The first-order chi connectivity index (χ1) is 9.88. The normalized spacial score (nSPS) is 28.6. The highest BCUT2D eigenvalue weighted by Gasteiger charge is 2.55. The van der Waals surface area contributed by atoms with Gasteiger partial charge in [-0.1, -0.05) is 6.58 Å². The summed E-state index contributed by atoms with van der Waals surface area (Å²) in [6.07, 6.45) is 0. The van der Waals surface area contributed by atoms with Gasteiger partial charge < -0.3 is 15.5 Å². The topological polar surface area (TPSA) is 44.4 Å². The number of hydrogen-bond acceptors (Lipinski definition) is 3. The van der Waals surface area contributed by atoms with Crippen LogP contribution in [0.15, 0.2) is 24.5 Å². The average Bonchev–Trinajstić information content (AvgIpc) is 2.85. The molecule has 3 rings (SSSR count). The number of rotatable bonds is 1. The first kappa shape index (κ1) is 13.9. The van der Waals surface area contributed by atoms with E-state index in [4.69, 9.17) is 0 Å². The summed E-state index contributed by atoms with van der Waals surface area (Å²) in [5, 5.41) is 5.84. The van der Waals surface area contributed by atoms with Crippen molar-refractivity contribution in [2.45, 2.75) is 5.54 Å². The molecule has 0 saturated carbocycles. The lowest BCUT2D eigenvalue weighted by molar-refractivity contribution is -0.137. The molecule has 2 heterocycles. The van der Waals surface area contributed by atoms with Crippen LogP contribution in [0.5, 0.6) is 0 Å². The second-order valence-corrected chi connectivity index (χ2v) is 5.34. The Hall–Kier alpha value is -2.02. The van der Waals surface area contributed by atoms with E-state index in [1.54, 1.807) is 0 Å². The van der Waals surface area contributed by atoms with Gasteiger partial charge in [0.1, 0.15) is 11.6 Å². The molecule has 7 heteroatoms. The van der Waals surface area contributed by atoms with Crippen LogP contribution in [-0.4, -0.2) is 30.9 Å². The Labute approximate surface area is 119 Å². The second kappa shape index (κ2) is 4.49. The van der Waals surface area contributed by atoms with Crippen molar-refractivity contribution in [3.63, 3.8) is 0 Å². The predicted molar refractivity (Wildman–Crippen MR) is 69.4 cm³/mol. The zero-order chi connectivity index (χ0) is 15.4. The minimum Gasteiger partial charge on any atom is -0.360 e. The van der Waals surface area contributed by atoms with Crippen LogP contribution in [-0.2, 0) is 10.3 Å². The van der Waals surface area contributed by atoms with Crippen molar-refractivity contribution >= 4 is 5.91 Å². The molecule has 0 aliphatic carbocycles. The summed E-state index contributed by atoms with van der Waals surface area (Å²) in [6, 6.07) is 1.60. The molecule has 1 aromatic rings. The Morgan fingerprint density at radius 2 is 2.00 bits per heavy atom. The van der Waals surface area contributed by atoms with Gasteiger partial charge in [-0.3, -0.25) is 4.79 Å². The molecule has 2 aliphatic rings. The van der Waals surface area contributed by atoms with Crippen LogP contribution in [0.25, 0.3) is 0 Å². The van der Waals surface area contributed by atoms with Gasteiger partial charge in [-0.2, -0.15) is 0 Å². The number of carbonyl (C=O) groups is 1. The third-order valence-electron chi connectivity index (χ3n) is 4.24. The zero-order valence-corrected chi connectivity index (χ0v) is 11.3. The summed E-state index contributed by atoms with van der Waals surface area (Å²) < 4.78 is 41.9. The van der Waals surface area contributed by atoms with Crippen molar-refractivity contribution in [3.05, 3.63) is 47.5 Å². The fourth-order valence-corrected chi connectivity index (χ4v) is 3.11. The van der Waals surface area contributed by atoms with Crippen molar-refractivity contribution in [1.82, 2.24) is 15.5 Å². The minimum absolute atomic E-state index is 0.105. The molecule has 0 unspecified atom stereocenters. The quantitative estimate of drug-likeness (QED) is 0.762. The average molecular weight is 297 g/mol. The largest absolute Gasteiger partial charge is 0.360 e. The molecule has 2 fully saturated rings. The van der Waals surface area contributed by atoms with Crippen LogP contribution in [0.4, 0.5) is 13.2 Å². The van der Waals surface area contributed by atoms with E-state index in [1.807, 2.05) is 0 Å². The Bertz CT molecular complexity index is 649. The Morgan fingerprint density at radius 3 is 2.71 bits per heavy atom. The van der Waals surface area contributed by atoms with Crippen LogP contribution >= 0.6 is 0 Å². The van der Waals surface area contributed by atoms with Crippen molar-refractivity contribution in [3.8, 4) is 0 Å². The number of hydrogen-bond donors (Lipinski definition) is 2. The molecule has 1 amide bonds. The fourth-order valence-electron chi connectivity index (χ4n) is 3.11. The molecular formula is C14H14F3N3O. The molecule has 21 heavy (non-hydrogen) atoms. The monoisotopic (exact) mass is 297 g/mol. The van der Waals surface area contributed by atoms with Crippen molar-refractivity contribution in [2.24, 2.45) is 5.92 Å². The summed E-state index contributed by atoms with van der Waals surface area (Å²) in [4.78, 5) is 13.6. The van der Waals surface area contributed by atoms with E-state index in [9.17, 15) is 18.0 Å². The summed E-state index contributed by atoms with van der Waals surface area (Å²) in [5.74, 6) is -4.14. The Kier molecular flexibility index (Phi) is 2.98. The smallest absolute Gasteiger partial charge is 0.234 e. The maximum Gasteiger partial charge on any atom is 0.234 e. The number of amides is 1. The first-order valence-electron chi connectivity index (χ1n) is 6.48. The lowest BCUT2D eigenvalue weighted by atomic mass is 9.77. The highest BCUT2D eigenvalue weighted by molar-refractivity contribution is 5.84. The van der Waals surface area contributed by atoms with Gasteiger partial charge >= 0.3 is 0 Å². The number of nitrogens with one attached hydrogen (secondary N) is 2. The maximum atomic E-state index is 14.2. The van der Waals surface area contributed by atoms with E-state index in [2.05, 4.69) is 17.2 Å². The molecule has 0 bridgehead atoms. The molecule has 0 aromatic heterocycles. The molecule has 2 atom stereocenters. The van der Waals surface area contributed by atoms with Crippen molar-refractivity contribution in [2.75, 3.05) is 20.1 Å². The zero-order valence-electron chi connectivity index (χ0n) is 11.3. The van der Waals surface area contributed by atoms with Gasteiger partial charge in [0.15, 0.2) is 11.6 Å². The molecule has 112 valence electrons. The lowest BCUT2D eigenvalue weighted by Crippen LogP contribution is -2.61. The molecule has 1 aromatic carbocycles. The highest BCUT2D eigenvalue weighted by atomic mass is 19.2. The molecule has 4 nitrogen and oxygen atoms in total. The summed E-state index contributed by atoms with van der Waals surface area (Å²) in [6.45, 7) is 4.04. The van der Waals surface area contributed by atoms with Gasteiger partial charge in [-0.15, -0.1) is 0 Å². The van der Waals surface area contributed by atoms with Crippen LogP contribution in [0.1, 0.15) is 5.56 Å². The fraction of sp³-hybridized carbons (Fsp3) is 0.357. The highest BCUT2D eigenvalue weighted by Crippen LogP contribution is 2.41. The van der Waals surface area contributed by atoms with Gasteiger partial charge in [-0.05, 0) is 12.1 Å². The van der Waals surface area contributed by atoms with E-state index in [-0.39, 0.29) is 24.8 Å². The molecule has 0 spiro atoms. The van der Waals surface area contributed by atoms with Crippen LogP contribution in [0.3, 0.4) is 0 Å². The van der Waals surface area contributed by atoms with Gasteiger partial charge in [-0.25, -0.2) is 13.2 Å². The van der Waals surface area contributed by atoms with Gasteiger partial charge in [0, 0.05) is 20.1 Å². The summed E-state index contributed by atoms with van der Waals surface area (Å²) in [5.41, 5.74) is -1.82. The number of carbonyl (C=O) groups excluding carboxylic acids is 1. The summed E-state index contributed by atoms with van der Waals surface area (Å²) >= 11 is 0. The molecule has 0 radical (unpaired) electrons. The maximum absolute atomic E-state index is 14.2. The van der Waals surface area contributed by atoms with Crippen LogP contribution in [0, 0.1) is 23.4 Å². The van der Waals surface area contributed by atoms with Crippen LogP contribution < -0.4 is 10.6 Å². The number of fused-ring (bicyclic) bond motifs is 1. The summed E-state index contributed by atoms with van der Waals surface area (Å²) in [7, 11) is 1.53. The molecule has 2 aliphatic heterocycles. The van der Waals surface area contributed by atoms with E-state index >= 15 is 0 Å².